The molecule has 5 aliphatic rings. The zero-order chi connectivity index (χ0) is 25.2. The van der Waals surface area contributed by atoms with Crippen molar-refractivity contribution < 1.29 is 33.0 Å². The van der Waals surface area contributed by atoms with Gasteiger partial charge in [0.15, 0.2) is 11.9 Å². The third-order valence-corrected chi connectivity index (χ3v) is 10.8. The molecule has 9 atom stereocenters. The summed E-state index contributed by atoms with van der Waals surface area (Å²) in [4.78, 5) is 38.6. The van der Waals surface area contributed by atoms with Gasteiger partial charge in [-0.15, -0.1) is 0 Å². The number of epoxide rings is 1. The van der Waals surface area contributed by atoms with Crippen LogP contribution in [0.15, 0.2) is 35.2 Å². The number of hydrogen-bond acceptors (Lipinski definition) is 7. The Bertz CT molecular complexity index is 1150. The van der Waals surface area contributed by atoms with Gasteiger partial charge in [0.25, 0.3) is 0 Å². The second-order valence-corrected chi connectivity index (χ2v) is 12.6. The second kappa shape index (κ2) is 6.67. The molecule has 0 amide bonds. The number of furan rings is 1. The molecule has 1 spiro atoms. The molecule has 2 saturated heterocycles. The van der Waals surface area contributed by atoms with Crippen molar-refractivity contribution in [2.45, 2.75) is 84.7 Å². The topological polar surface area (TPSA) is 95.3 Å². The Morgan fingerprint density at radius 3 is 2.49 bits per heavy atom. The van der Waals surface area contributed by atoms with Gasteiger partial charge in [0.2, 0.25) is 0 Å². The molecule has 3 aliphatic carbocycles. The van der Waals surface area contributed by atoms with Crippen molar-refractivity contribution in [1.29, 1.82) is 0 Å². The molecule has 1 aromatic heterocycles. The van der Waals surface area contributed by atoms with E-state index in [1.54, 1.807) is 18.6 Å². The molecule has 4 fully saturated rings. The van der Waals surface area contributed by atoms with Gasteiger partial charge in [0.1, 0.15) is 17.8 Å². The van der Waals surface area contributed by atoms with E-state index in [2.05, 4.69) is 26.8 Å². The van der Waals surface area contributed by atoms with E-state index < -0.39 is 40.2 Å². The van der Waals surface area contributed by atoms with Gasteiger partial charge in [-0.25, -0.2) is 4.79 Å². The first-order chi connectivity index (χ1) is 16.3. The molecule has 0 bridgehead atoms. The van der Waals surface area contributed by atoms with Gasteiger partial charge in [-0.1, -0.05) is 40.7 Å². The van der Waals surface area contributed by atoms with Crippen molar-refractivity contribution in [2.75, 3.05) is 0 Å². The SMILES string of the molecule is CC(=O)O[C@@H]1C[C@H]2C(C)(C)C(=O)C=C[C@]2(C)[C@H]2CC[C@@]3(C)[C@@H](c4ccoc4)OC(=O)[C@H]4O[C@]43[C@@]21C. The van der Waals surface area contributed by atoms with E-state index in [0.29, 0.717) is 6.42 Å². The highest BCUT2D eigenvalue weighted by molar-refractivity contribution is 5.95. The maximum Gasteiger partial charge on any atom is 0.339 e. The van der Waals surface area contributed by atoms with E-state index in [4.69, 9.17) is 18.6 Å². The fourth-order valence-corrected chi connectivity index (χ4v) is 9.20. The summed E-state index contributed by atoms with van der Waals surface area (Å²) in [7, 11) is 0. The van der Waals surface area contributed by atoms with Crippen LogP contribution in [-0.2, 0) is 28.6 Å². The van der Waals surface area contributed by atoms with Crippen LogP contribution in [0.3, 0.4) is 0 Å². The van der Waals surface area contributed by atoms with E-state index in [-0.39, 0.29) is 35.0 Å². The highest BCUT2D eigenvalue weighted by Crippen LogP contribution is 2.79. The van der Waals surface area contributed by atoms with Crippen LogP contribution in [0.25, 0.3) is 0 Å². The summed E-state index contributed by atoms with van der Waals surface area (Å²) in [6.45, 7) is 12.0. The lowest BCUT2D eigenvalue weighted by Crippen LogP contribution is -2.72. The molecule has 0 aromatic carbocycles. The maximum absolute atomic E-state index is 13.2. The number of carbonyl (C=O) groups excluding carboxylic acids is 3. The number of ketones is 1. The third-order valence-electron chi connectivity index (χ3n) is 10.8. The van der Waals surface area contributed by atoms with Gasteiger partial charge in [0, 0.05) is 28.7 Å². The quantitative estimate of drug-likeness (QED) is 0.450. The number of cyclic esters (lactones) is 1. The Kier molecular flexibility index (Phi) is 4.38. The van der Waals surface area contributed by atoms with Crippen molar-refractivity contribution in [2.24, 2.45) is 33.5 Å². The number of ether oxygens (including phenoxy) is 3. The molecule has 35 heavy (non-hydrogen) atoms. The summed E-state index contributed by atoms with van der Waals surface area (Å²) >= 11 is 0. The van der Waals surface area contributed by atoms with Crippen LogP contribution in [0.1, 0.15) is 72.5 Å². The number of esters is 2. The summed E-state index contributed by atoms with van der Waals surface area (Å²) in [5.41, 5.74) is -2.15. The average molecular weight is 483 g/mol. The number of carbonyl (C=O) groups is 3. The second-order valence-electron chi connectivity index (χ2n) is 12.6. The average Bonchev–Trinajstić information content (AvgIpc) is 3.35. The summed E-state index contributed by atoms with van der Waals surface area (Å²) in [5.74, 6) is -0.603. The fourth-order valence-electron chi connectivity index (χ4n) is 9.20. The fraction of sp³-hybridized carbons (Fsp3) is 0.679. The first kappa shape index (κ1) is 23.0. The van der Waals surface area contributed by atoms with Crippen LogP contribution in [0.2, 0.25) is 0 Å². The monoisotopic (exact) mass is 482 g/mol. The van der Waals surface area contributed by atoms with E-state index >= 15 is 0 Å². The Balaban J connectivity index is 1.55. The van der Waals surface area contributed by atoms with Crippen molar-refractivity contribution in [3.05, 3.63) is 36.3 Å². The van der Waals surface area contributed by atoms with Crippen LogP contribution < -0.4 is 0 Å². The third kappa shape index (κ3) is 2.48. The molecule has 0 radical (unpaired) electrons. The van der Waals surface area contributed by atoms with Crippen molar-refractivity contribution in [3.8, 4) is 0 Å². The highest BCUT2D eigenvalue weighted by atomic mass is 16.7. The molecule has 0 N–H and O–H groups in total. The molecule has 7 heteroatoms. The van der Waals surface area contributed by atoms with Crippen LogP contribution in [0.5, 0.6) is 0 Å². The summed E-state index contributed by atoms with van der Waals surface area (Å²) < 4.78 is 24.0. The van der Waals surface area contributed by atoms with Gasteiger partial charge < -0.3 is 18.6 Å². The molecular weight excluding hydrogens is 448 g/mol. The predicted molar refractivity (Wildman–Crippen MR) is 124 cm³/mol. The largest absolute Gasteiger partial charge is 0.472 e. The minimum Gasteiger partial charge on any atom is -0.472 e. The Labute approximate surface area is 205 Å². The van der Waals surface area contributed by atoms with E-state index in [1.165, 1.54) is 6.92 Å². The van der Waals surface area contributed by atoms with Crippen LogP contribution in [0.4, 0.5) is 0 Å². The summed E-state index contributed by atoms with van der Waals surface area (Å²) in [5, 5.41) is 0. The molecule has 0 unspecified atom stereocenters. The molecule has 7 nitrogen and oxygen atoms in total. The van der Waals surface area contributed by atoms with Crippen LogP contribution >= 0.6 is 0 Å². The zero-order valence-electron chi connectivity index (χ0n) is 21.3. The van der Waals surface area contributed by atoms with Gasteiger partial charge in [-0.2, -0.15) is 0 Å². The summed E-state index contributed by atoms with van der Waals surface area (Å²) in [6.07, 6.45) is 7.46. The van der Waals surface area contributed by atoms with Crippen molar-refractivity contribution in [3.63, 3.8) is 0 Å². The minimum atomic E-state index is -0.853. The van der Waals surface area contributed by atoms with E-state index in [1.807, 2.05) is 19.9 Å². The lowest BCUT2D eigenvalue weighted by atomic mass is 9.35. The number of rotatable bonds is 2. The maximum atomic E-state index is 13.2. The Morgan fingerprint density at radius 1 is 1.09 bits per heavy atom. The van der Waals surface area contributed by atoms with Crippen LogP contribution in [0, 0.1) is 33.5 Å². The molecular formula is C28H34O7. The van der Waals surface area contributed by atoms with Gasteiger partial charge >= 0.3 is 11.9 Å². The number of allylic oxidation sites excluding steroid dienone is 2. The minimum absolute atomic E-state index is 0.00639. The lowest BCUT2D eigenvalue weighted by molar-refractivity contribution is -0.251. The zero-order valence-corrected chi connectivity index (χ0v) is 21.3. The molecule has 188 valence electrons. The smallest absolute Gasteiger partial charge is 0.339 e. The standard InChI is InChI=1S/C28H34O7/c1-15(29)33-20-13-18-24(2,3)19(30)8-10-25(18,4)17-7-11-26(5)21(16-9-12-32-14-16)34-23(31)22-28(26,35-22)27(17,20)6/h8-10,12,14,17-18,20-22H,7,11,13H2,1-6H3/t17-,18+,20-,21-,22-,25-,26+,27+,28-/m1/s1. The first-order valence-electron chi connectivity index (χ1n) is 12.7. The highest BCUT2D eigenvalue weighted by Gasteiger charge is 2.88. The Hall–Kier alpha value is -2.41. The van der Waals surface area contributed by atoms with E-state index in [9.17, 15) is 14.4 Å². The normalized spacial score (nSPS) is 49.1. The molecule has 2 aliphatic heterocycles. The van der Waals surface area contributed by atoms with Crippen molar-refractivity contribution in [1.82, 2.24) is 0 Å². The number of fused-ring (bicyclic) bond motifs is 3. The first-order valence-corrected chi connectivity index (χ1v) is 12.7. The molecule has 1 aromatic rings. The lowest BCUT2D eigenvalue weighted by Gasteiger charge is -2.68. The Morgan fingerprint density at radius 2 is 1.83 bits per heavy atom. The van der Waals surface area contributed by atoms with Crippen LogP contribution in [-0.4, -0.2) is 35.5 Å². The van der Waals surface area contributed by atoms with Gasteiger partial charge in [-0.3, -0.25) is 9.59 Å². The molecule has 2 saturated carbocycles. The van der Waals surface area contributed by atoms with Crippen molar-refractivity contribution >= 4 is 17.7 Å². The van der Waals surface area contributed by atoms with Gasteiger partial charge in [0.05, 0.1) is 12.5 Å². The molecule has 6 rings (SSSR count). The van der Waals surface area contributed by atoms with Gasteiger partial charge in [-0.05, 0) is 48.7 Å². The van der Waals surface area contributed by atoms with E-state index in [0.717, 1.165) is 18.4 Å². The number of hydrogen-bond donors (Lipinski definition) is 0. The predicted octanol–water partition coefficient (Wildman–Crippen LogP) is 4.56. The molecule has 3 heterocycles. The summed E-state index contributed by atoms with van der Waals surface area (Å²) in [6, 6.07) is 1.84.